The number of fused-ring (bicyclic) bond motifs is 1. The summed E-state index contributed by atoms with van der Waals surface area (Å²) < 4.78 is 20.6. The summed E-state index contributed by atoms with van der Waals surface area (Å²) in [6, 6.07) is 13.3. The highest BCUT2D eigenvalue weighted by atomic mass is 19.1. The van der Waals surface area contributed by atoms with E-state index in [1.807, 2.05) is 36.4 Å². The van der Waals surface area contributed by atoms with Gasteiger partial charge in [-0.25, -0.2) is 4.39 Å². The number of benzene rings is 2. The first-order valence-electron chi connectivity index (χ1n) is 7.57. The Bertz CT molecular complexity index is 649. The first kappa shape index (κ1) is 12.7. The van der Waals surface area contributed by atoms with Gasteiger partial charge in [0.2, 0.25) is 0 Å². The van der Waals surface area contributed by atoms with E-state index in [0.29, 0.717) is 11.7 Å². The Morgan fingerprint density at radius 3 is 2.67 bits per heavy atom. The fourth-order valence-electron chi connectivity index (χ4n) is 2.85. The molecule has 108 valence electrons. The van der Waals surface area contributed by atoms with Gasteiger partial charge in [-0.1, -0.05) is 30.3 Å². The summed E-state index contributed by atoms with van der Waals surface area (Å²) >= 11 is 0. The minimum atomic E-state index is -1.10. The minimum absolute atomic E-state index is 0.374. The highest BCUT2D eigenvalue weighted by molar-refractivity contribution is 5.63. The largest absolute Gasteiger partial charge is 0.490 e. The van der Waals surface area contributed by atoms with Crippen molar-refractivity contribution in [2.24, 2.45) is 0 Å². The molecule has 2 aliphatic rings. The molecule has 2 nitrogen and oxygen atoms in total. The van der Waals surface area contributed by atoms with Gasteiger partial charge in [-0.3, -0.25) is 0 Å². The molecule has 1 aliphatic carbocycles. The molecule has 1 aliphatic heterocycles. The SMILES string of the molecule is FC(c1ccc(OC2CC2)cc1)c1cccc2c1NCC2. The number of para-hydroxylation sites is 1. The third kappa shape index (κ3) is 2.48. The highest BCUT2D eigenvalue weighted by Crippen LogP contribution is 2.37. The molecule has 0 aromatic heterocycles. The maximum absolute atomic E-state index is 14.8. The molecule has 1 fully saturated rings. The van der Waals surface area contributed by atoms with Crippen LogP contribution in [0.15, 0.2) is 42.5 Å². The molecule has 0 saturated heterocycles. The van der Waals surface area contributed by atoms with Crippen LogP contribution in [0.25, 0.3) is 0 Å². The van der Waals surface area contributed by atoms with E-state index in [-0.39, 0.29) is 0 Å². The number of hydrogen-bond acceptors (Lipinski definition) is 2. The Balaban J connectivity index is 1.59. The molecule has 4 rings (SSSR count). The second-order valence-corrected chi connectivity index (χ2v) is 5.81. The lowest BCUT2D eigenvalue weighted by Gasteiger charge is -2.14. The molecule has 3 heteroatoms. The van der Waals surface area contributed by atoms with E-state index in [2.05, 4.69) is 11.4 Å². The number of anilines is 1. The zero-order chi connectivity index (χ0) is 14.2. The number of halogens is 1. The van der Waals surface area contributed by atoms with Gasteiger partial charge in [-0.15, -0.1) is 0 Å². The normalized spacial score (nSPS) is 18.0. The third-order valence-corrected chi connectivity index (χ3v) is 4.15. The maximum Gasteiger partial charge on any atom is 0.152 e. The van der Waals surface area contributed by atoms with Crippen LogP contribution in [-0.2, 0) is 6.42 Å². The van der Waals surface area contributed by atoms with Gasteiger partial charge in [0.1, 0.15) is 5.75 Å². The average Bonchev–Trinajstić information content (AvgIpc) is 3.20. The van der Waals surface area contributed by atoms with Crippen molar-refractivity contribution in [1.29, 1.82) is 0 Å². The minimum Gasteiger partial charge on any atom is -0.490 e. The molecular weight excluding hydrogens is 265 g/mol. The summed E-state index contributed by atoms with van der Waals surface area (Å²) in [5.41, 5.74) is 3.60. The van der Waals surface area contributed by atoms with Gasteiger partial charge in [0.05, 0.1) is 6.10 Å². The number of rotatable bonds is 4. The molecule has 0 amide bonds. The average molecular weight is 283 g/mol. The molecule has 0 radical (unpaired) electrons. The first-order valence-corrected chi connectivity index (χ1v) is 7.57. The molecule has 2 aromatic carbocycles. The summed E-state index contributed by atoms with van der Waals surface area (Å²) in [5.74, 6) is 0.838. The number of hydrogen-bond donors (Lipinski definition) is 1. The van der Waals surface area contributed by atoms with Gasteiger partial charge in [0.15, 0.2) is 6.17 Å². The van der Waals surface area contributed by atoms with Crippen molar-refractivity contribution in [2.75, 3.05) is 11.9 Å². The molecule has 21 heavy (non-hydrogen) atoms. The Kier molecular flexibility index (Phi) is 3.06. The fourth-order valence-corrected chi connectivity index (χ4v) is 2.85. The summed E-state index contributed by atoms with van der Waals surface area (Å²) in [6.07, 6.45) is 2.52. The zero-order valence-electron chi connectivity index (χ0n) is 11.8. The Morgan fingerprint density at radius 2 is 1.90 bits per heavy atom. The molecule has 1 unspecified atom stereocenters. The smallest absolute Gasteiger partial charge is 0.152 e. The van der Waals surface area contributed by atoms with E-state index >= 15 is 0 Å². The Labute approximate surface area is 123 Å². The van der Waals surface area contributed by atoms with Crippen LogP contribution >= 0.6 is 0 Å². The molecule has 2 aromatic rings. The molecule has 1 N–H and O–H groups in total. The van der Waals surface area contributed by atoms with Gasteiger partial charge in [-0.05, 0) is 42.5 Å². The number of ether oxygens (including phenoxy) is 1. The van der Waals surface area contributed by atoms with E-state index in [4.69, 9.17) is 4.74 Å². The molecule has 1 saturated carbocycles. The van der Waals surface area contributed by atoms with Crippen molar-refractivity contribution in [1.82, 2.24) is 0 Å². The summed E-state index contributed by atoms with van der Waals surface area (Å²) in [5, 5.41) is 3.30. The van der Waals surface area contributed by atoms with Crippen LogP contribution in [0.3, 0.4) is 0 Å². The predicted octanol–water partition coefficient (Wildman–Crippen LogP) is 4.25. The number of alkyl halides is 1. The third-order valence-electron chi connectivity index (χ3n) is 4.15. The summed E-state index contributed by atoms with van der Waals surface area (Å²) in [6.45, 7) is 0.896. The molecule has 1 atom stereocenters. The van der Waals surface area contributed by atoms with Crippen LogP contribution in [0, 0.1) is 0 Å². The van der Waals surface area contributed by atoms with E-state index in [0.717, 1.165) is 42.8 Å². The van der Waals surface area contributed by atoms with E-state index < -0.39 is 6.17 Å². The van der Waals surface area contributed by atoms with Gasteiger partial charge in [0.25, 0.3) is 0 Å². The fraction of sp³-hybridized carbons (Fsp3) is 0.333. The van der Waals surface area contributed by atoms with Crippen LogP contribution in [-0.4, -0.2) is 12.6 Å². The van der Waals surface area contributed by atoms with Crippen molar-refractivity contribution in [3.8, 4) is 5.75 Å². The van der Waals surface area contributed by atoms with E-state index in [1.165, 1.54) is 5.56 Å². The highest BCUT2D eigenvalue weighted by Gasteiger charge is 2.24. The standard InChI is InChI=1S/C18H18FNO/c19-17(16-3-1-2-13-10-11-20-18(13)16)12-4-6-14(7-5-12)21-15-8-9-15/h1-7,15,17,20H,8-11H2. The van der Waals surface area contributed by atoms with Crippen LogP contribution in [0.2, 0.25) is 0 Å². The van der Waals surface area contributed by atoms with E-state index in [9.17, 15) is 4.39 Å². The van der Waals surface area contributed by atoms with Crippen molar-refractivity contribution < 1.29 is 9.13 Å². The van der Waals surface area contributed by atoms with Crippen LogP contribution < -0.4 is 10.1 Å². The lowest BCUT2D eigenvalue weighted by molar-refractivity contribution is 0.303. The topological polar surface area (TPSA) is 21.3 Å². The summed E-state index contributed by atoms with van der Waals surface area (Å²) in [7, 11) is 0. The van der Waals surface area contributed by atoms with Gasteiger partial charge in [0, 0.05) is 17.8 Å². The van der Waals surface area contributed by atoms with Gasteiger partial charge in [-0.2, -0.15) is 0 Å². The van der Waals surface area contributed by atoms with Crippen molar-refractivity contribution in [2.45, 2.75) is 31.5 Å². The second kappa shape index (κ2) is 5.06. The van der Waals surface area contributed by atoms with Crippen LogP contribution in [0.5, 0.6) is 5.75 Å². The maximum atomic E-state index is 14.8. The lowest BCUT2D eigenvalue weighted by atomic mass is 9.99. The second-order valence-electron chi connectivity index (χ2n) is 5.81. The van der Waals surface area contributed by atoms with E-state index in [1.54, 1.807) is 0 Å². The van der Waals surface area contributed by atoms with Crippen molar-refractivity contribution >= 4 is 5.69 Å². The Morgan fingerprint density at radius 1 is 1.10 bits per heavy atom. The van der Waals surface area contributed by atoms with Crippen LogP contribution in [0.1, 0.15) is 35.7 Å². The Hall–Kier alpha value is -2.03. The van der Waals surface area contributed by atoms with Gasteiger partial charge < -0.3 is 10.1 Å². The number of nitrogens with one attached hydrogen (secondary N) is 1. The van der Waals surface area contributed by atoms with Crippen molar-refractivity contribution in [3.63, 3.8) is 0 Å². The zero-order valence-corrected chi connectivity index (χ0v) is 11.8. The van der Waals surface area contributed by atoms with Gasteiger partial charge >= 0.3 is 0 Å². The monoisotopic (exact) mass is 283 g/mol. The summed E-state index contributed by atoms with van der Waals surface area (Å²) in [4.78, 5) is 0. The van der Waals surface area contributed by atoms with Crippen molar-refractivity contribution in [3.05, 3.63) is 59.2 Å². The first-order chi connectivity index (χ1) is 10.3. The molecular formula is C18H18FNO. The predicted molar refractivity (Wildman–Crippen MR) is 81.7 cm³/mol. The quantitative estimate of drug-likeness (QED) is 0.905. The molecule has 0 spiro atoms. The molecule has 1 heterocycles. The van der Waals surface area contributed by atoms with Crippen LogP contribution in [0.4, 0.5) is 10.1 Å². The molecule has 0 bridgehead atoms. The lowest BCUT2D eigenvalue weighted by Crippen LogP contribution is -2.01.